The number of anilines is 2. The Morgan fingerprint density at radius 3 is 2.43 bits per heavy atom. The Bertz CT molecular complexity index is 729. The Kier molecular flexibility index (Phi) is 5.77. The van der Waals surface area contributed by atoms with Gasteiger partial charge in [-0.25, -0.2) is 0 Å². The van der Waals surface area contributed by atoms with Gasteiger partial charge >= 0.3 is 0 Å². The van der Waals surface area contributed by atoms with Crippen molar-refractivity contribution >= 4 is 34.8 Å². The van der Waals surface area contributed by atoms with Crippen molar-refractivity contribution in [1.82, 2.24) is 0 Å². The van der Waals surface area contributed by atoms with Crippen molar-refractivity contribution in [3.8, 4) is 0 Å². The molecule has 0 spiro atoms. The quantitative estimate of drug-likeness (QED) is 0.808. The molecule has 2 aromatic rings. The fourth-order valence-electron chi connectivity index (χ4n) is 2.17. The summed E-state index contributed by atoms with van der Waals surface area (Å²) in [4.78, 5) is 24.0. The molecule has 0 aliphatic heterocycles. The first-order valence-corrected chi connectivity index (χ1v) is 7.81. The molecule has 4 nitrogen and oxygen atoms in total. The predicted octanol–water partition coefficient (Wildman–Crippen LogP) is 4.18. The first kappa shape index (κ1) is 17.0. The van der Waals surface area contributed by atoms with Crippen molar-refractivity contribution in [3.63, 3.8) is 0 Å². The smallest absolute Gasteiger partial charge is 0.233 e. The Morgan fingerprint density at radius 1 is 1.04 bits per heavy atom. The number of aryl methyl sites for hydroxylation is 2. The molecular weight excluding hydrogens is 312 g/mol. The molecule has 2 aromatic carbocycles. The maximum atomic E-state index is 12.0. The molecular formula is C18H19ClN2O2. The van der Waals surface area contributed by atoms with E-state index >= 15 is 0 Å². The van der Waals surface area contributed by atoms with Crippen LogP contribution in [0.1, 0.15) is 24.5 Å². The third-order valence-corrected chi connectivity index (χ3v) is 3.86. The van der Waals surface area contributed by atoms with E-state index in [0.717, 1.165) is 23.2 Å². The van der Waals surface area contributed by atoms with Gasteiger partial charge in [0.2, 0.25) is 11.8 Å². The maximum absolute atomic E-state index is 12.0. The number of halogens is 1. The number of nitrogens with one attached hydrogen (secondary N) is 2. The molecule has 0 saturated heterocycles. The average molecular weight is 331 g/mol. The molecule has 0 aliphatic carbocycles. The zero-order chi connectivity index (χ0) is 16.8. The predicted molar refractivity (Wildman–Crippen MR) is 93.9 cm³/mol. The van der Waals surface area contributed by atoms with Crippen LogP contribution in [-0.2, 0) is 16.0 Å². The molecule has 23 heavy (non-hydrogen) atoms. The highest BCUT2D eigenvalue weighted by atomic mass is 35.5. The molecule has 0 atom stereocenters. The Hall–Kier alpha value is -2.33. The van der Waals surface area contributed by atoms with Crippen molar-refractivity contribution in [3.05, 3.63) is 58.6 Å². The molecule has 0 heterocycles. The van der Waals surface area contributed by atoms with Crippen molar-refractivity contribution < 1.29 is 9.59 Å². The van der Waals surface area contributed by atoms with Crippen molar-refractivity contribution in [2.75, 3.05) is 10.6 Å². The van der Waals surface area contributed by atoms with E-state index < -0.39 is 0 Å². The minimum Gasteiger partial charge on any atom is -0.326 e. The van der Waals surface area contributed by atoms with Crippen LogP contribution in [0.25, 0.3) is 0 Å². The fourth-order valence-corrected chi connectivity index (χ4v) is 2.35. The second kappa shape index (κ2) is 7.79. The molecule has 2 N–H and O–H groups in total. The minimum absolute atomic E-state index is 0.246. The van der Waals surface area contributed by atoms with E-state index in [1.165, 1.54) is 0 Å². The zero-order valence-electron chi connectivity index (χ0n) is 13.2. The summed E-state index contributed by atoms with van der Waals surface area (Å²) < 4.78 is 0. The molecule has 120 valence electrons. The maximum Gasteiger partial charge on any atom is 0.233 e. The van der Waals surface area contributed by atoms with E-state index in [9.17, 15) is 9.59 Å². The zero-order valence-corrected chi connectivity index (χ0v) is 13.9. The van der Waals surface area contributed by atoms with Gasteiger partial charge in [-0.15, -0.1) is 0 Å². The first-order valence-electron chi connectivity index (χ1n) is 7.43. The van der Waals surface area contributed by atoms with Gasteiger partial charge in [0.05, 0.1) is 0 Å². The highest BCUT2D eigenvalue weighted by Crippen LogP contribution is 2.20. The topological polar surface area (TPSA) is 58.2 Å². The van der Waals surface area contributed by atoms with Gasteiger partial charge in [-0.05, 0) is 42.7 Å². The number of benzene rings is 2. The Balaban J connectivity index is 1.94. The first-order chi connectivity index (χ1) is 11.0. The molecule has 0 radical (unpaired) electrons. The molecule has 0 aliphatic rings. The molecule has 2 amide bonds. The van der Waals surface area contributed by atoms with Crippen LogP contribution in [0.5, 0.6) is 0 Å². The van der Waals surface area contributed by atoms with E-state index in [4.69, 9.17) is 11.6 Å². The lowest BCUT2D eigenvalue weighted by atomic mass is 10.1. The van der Waals surface area contributed by atoms with Crippen LogP contribution < -0.4 is 10.6 Å². The summed E-state index contributed by atoms with van der Waals surface area (Å²) in [5.74, 6) is -0.724. The van der Waals surface area contributed by atoms with Gasteiger partial charge in [0.25, 0.3) is 0 Å². The van der Waals surface area contributed by atoms with Crippen molar-refractivity contribution in [2.45, 2.75) is 26.7 Å². The minimum atomic E-state index is -0.378. The van der Waals surface area contributed by atoms with Crippen LogP contribution in [0.2, 0.25) is 5.02 Å². The van der Waals surface area contributed by atoms with Crippen LogP contribution in [0, 0.1) is 6.92 Å². The molecule has 0 unspecified atom stereocenters. The van der Waals surface area contributed by atoms with E-state index in [-0.39, 0.29) is 18.2 Å². The van der Waals surface area contributed by atoms with Gasteiger partial charge in [-0.2, -0.15) is 0 Å². The second-order valence-corrected chi connectivity index (χ2v) is 5.65. The lowest BCUT2D eigenvalue weighted by Gasteiger charge is -2.10. The Labute approximate surface area is 140 Å². The Morgan fingerprint density at radius 2 is 1.74 bits per heavy atom. The number of amides is 2. The highest BCUT2D eigenvalue weighted by Gasteiger charge is 2.11. The lowest BCUT2D eigenvalue weighted by molar-refractivity contribution is -0.123. The van der Waals surface area contributed by atoms with Gasteiger partial charge < -0.3 is 10.6 Å². The summed E-state index contributed by atoms with van der Waals surface area (Å²) in [6, 6.07) is 12.8. The summed E-state index contributed by atoms with van der Waals surface area (Å²) in [6.45, 7) is 3.89. The van der Waals surface area contributed by atoms with E-state index in [1.807, 2.05) is 44.2 Å². The van der Waals surface area contributed by atoms with Crippen LogP contribution in [-0.4, -0.2) is 11.8 Å². The van der Waals surface area contributed by atoms with E-state index in [0.29, 0.717) is 10.7 Å². The largest absolute Gasteiger partial charge is 0.326 e. The van der Waals surface area contributed by atoms with Gasteiger partial charge in [-0.3, -0.25) is 9.59 Å². The summed E-state index contributed by atoms with van der Waals surface area (Å²) in [5.41, 5.74) is 3.28. The summed E-state index contributed by atoms with van der Waals surface area (Å²) in [7, 11) is 0. The van der Waals surface area contributed by atoms with Crippen LogP contribution in [0.15, 0.2) is 42.5 Å². The number of carbonyl (C=O) groups excluding carboxylic acids is 2. The molecule has 0 aromatic heterocycles. The third-order valence-electron chi connectivity index (χ3n) is 3.45. The average Bonchev–Trinajstić information content (AvgIpc) is 2.51. The SMILES string of the molecule is CCc1ccccc1NC(=O)CC(=O)Nc1ccc(C)c(Cl)c1. The number of rotatable bonds is 5. The molecule has 5 heteroatoms. The van der Waals surface area contributed by atoms with Gasteiger partial charge in [0.1, 0.15) is 6.42 Å². The molecule has 0 fully saturated rings. The molecule has 0 bridgehead atoms. The van der Waals surface area contributed by atoms with E-state index in [2.05, 4.69) is 10.6 Å². The van der Waals surface area contributed by atoms with Crippen LogP contribution in [0.3, 0.4) is 0 Å². The highest BCUT2D eigenvalue weighted by molar-refractivity contribution is 6.31. The van der Waals surface area contributed by atoms with Crippen molar-refractivity contribution in [1.29, 1.82) is 0 Å². The number of hydrogen-bond acceptors (Lipinski definition) is 2. The van der Waals surface area contributed by atoms with Crippen molar-refractivity contribution in [2.24, 2.45) is 0 Å². The fraction of sp³-hybridized carbons (Fsp3) is 0.222. The number of carbonyl (C=O) groups is 2. The number of hydrogen-bond donors (Lipinski definition) is 2. The summed E-state index contributed by atoms with van der Waals surface area (Å²) in [5, 5.41) is 6.02. The second-order valence-electron chi connectivity index (χ2n) is 5.25. The van der Waals surface area contributed by atoms with E-state index in [1.54, 1.807) is 12.1 Å². The van der Waals surface area contributed by atoms with Gasteiger partial charge in [0.15, 0.2) is 0 Å². The third kappa shape index (κ3) is 4.83. The van der Waals surface area contributed by atoms with Gasteiger partial charge in [-0.1, -0.05) is 42.8 Å². The molecule has 0 saturated carbocycles. The summed E-state index contributed by atoms with van der Waals surface area (Å²) >= 11 is 6.01. The normalized spacial score (nSPS) is 10.2. The lowest BCUT2D eigenvalue weighted by Crippen LogP contribution is -2.21. The number of para-hydroxylation sites is 1. The monoisotopic (exact) mass is 330 g/mol. The molecule has 2 rings (SSSR count). The summed E-state index contributed by atoms with van der Waals surface area (Å²) in [6.07, 6.45) is 0.564. The van der Waals surface area contributed by atoms with Crippen LogP contribution >= 0.6 is 11.6 Å². The standard InChI is InChI=1S/C18H19ClN2O2/c1-3-13-6-4-5-7-16(13)21-18(23)11-17(22)20-14-9-8-12(2)15(19)10-14/h4-10H,3,11H2,1-2H3,(H,20,22)(H,21,23). The van der Waals surface area contributed by atoms with Gasteiger partial charge in [0, 0.05) is 16.4 Å². The van der Waals surface area contributed by atoms with Crippen LogP contribution in [0.4, 0.5) is 11.4 Å².